The van der Waals surface area contributed by atoms with Crippen LogP contribution in [-0.2, 0) is 0 Å². The summed E-state index contributed by atoms with van der Waals surface area (Å²) in [5.41, 5.74) is 0. The van der Waals surface area contributed by atoms with Crippen molar-refractivity contribution in [1.82, 2.24) is 9.78 Å². The molecule has 0 unspecified atom stereocenters. The molecule has 0 bridgehead atoms. The van der Waals surface area contributed by atoms with Crippen LogP contribution in [0.25, 0.3) is 0 Å². The molecule has 1 aliphatic rings. The van der Waals surface area contributed by atoms with Crippen molar-refractivity contribution in [2.75, 3.05) is 0 Å². The summed E-state index contributed by atoms with van der Waals surface area (Å²) >= 11 is 3.39. The Morgan fingerprint density at radius 2 is 2.33 bits per heavy atom. The fourth-order valence-corrected chi connectivity index (χ4v) is 2.71. The average molecular weight is 268 g/mol. The molecule has 0 spiro atoms. The van der Waals surface area contributed by atoms with Gasteiger partial charge in [0, 0.05) is 6.20 Å². The Bertz CT molecular complexity index is 360. The Morgan fingerprint density at radius 1 is 1.60 bits per heavy atom. The van der Waals surface area contributed by atoms with E-state index in [0.717, 1.165) is 4.47 Å². The van der Waals surface area contributed by atoms with Gasteiger partial charge < -0.3 is 0 Å². The molecule has 1 heterocycles. The van der Waals surface area contributed by atoms with Crippen molar-refractivity contribution in [3.8, 4) is 6.07 Å². The third kappa shape index (κ3) is 2.40. The summed E-state index contributed by atoms with van der Waals surface area (Å²) in [5, 5.41) is 13.2. The number of rotatable bonds is 3. The molecule has 2 rings (SSSR count). The van der Waals surface area contributed by atoms with Crippen LogP contribution in [0, 0.1) is 17.2 Å². The average Bonchev–Trinajstić information content (AvgIpc) is 2.85. The first kappa shape index (κ1) is 10.7. The molecule has 4 heteroatoms. The Balaban J connectivity index is 2.15. The lowest BCUT2D eigenvalue weighted by Crippen LogP contribution is -2.17. The number of hydrogen-bond acceptors (Lipinski definition) is 2. The second-order valence-electron chi connectivity index (χ2n) is 4.11. The number of hydrogen-bond donors (Lipinski definition) is 0. The highest BCUT2D eigenvalue weighted by molar-refractivity contribution is 9.10. The second kappa shape index (κ2) is 4.80. The lowest BCUT2D eigenvalue weighted by molar-refractivity contribution is 0.314. The van der Waals surface area contributed by atoms with E-state index in [2.05, 4.69) is 27.1 Å². The van der Waals surface area contributed by atoms with Crippen molar-refractivity contribution in [1.29, 1.82) is 5.26 Å². The molecule has 0 amide bonds. The molecule has 1 fully saturated rings. The predicted octanol–water partition coefficient (Wildman–Crippen LogP) is 3.29. The fraction of sp³-hybridized carbons (Fsp3) is 0.636. The number of halogens is 1. The Kier molecular flexibility index (Phi) is 3.42. The maximum Gasteiger partial charge on any atom is 0.0677 e. The standard InChI is InChI=1S/C11H14BrN3/c12-10-7-14-15(8-10)11(5-6-13)9-3-1-2-4-9/h7-9,11H,1-5H2/t11-/m0/s1. The first-order chi connectivity index (χ1) is 7.31. The number of nitriles is 1. The zero-order chi connectivity index (χ0) is 10.7. The highest BCUT2D eigenvalue weighted by Crippen LogP contribution is 2.35. The van der Waals surface area contributed by atoms with Gasteiger partial charge in [-0.2, -0.15) is 10.4 Å². The SMILES string of the molecule is N#CC[C@@H](C1CCCC1)n1cc(Br)cn1. The van der Waals surface area contributed by atoms with Crippen molar-refractivity contribution in [3.05, 3.63) is 16.9 Å². The van der Waals surface area contributed by atoms with Gasteiger partial charge in [-0.1, -0.05) is 12.8 Å². The van der Waals surface area contributed by atoms with Crippen molar-refractivity contribution < 1.29 is 0 Å². The van der Waals surface area contributed by atoms with Gasteiger partial charge in [-0.25, -0.2) is 0 Å². The van der Waals surface area contributed by atoms with Crippen LogP contribution in [0.3, 0.4) is 0 Å². The highest BCUT2D eigenvalue weighted by Gasteiger charge is 2.26. The van der Waals surface area contributed by atoms with E-state index in [0.29, 0.717) is 12.3 Å². The first-order valence-corrected chi connectivity index (χ1v) is 6.17. The van der Waals surface area contributed by atoms with Crippen LogP contribution in [-0.4, -0.2) is 9.78 Å². The van der Waals surface area contributed by atoms with E-state index in [1.807, 2.05) is 10.9 Å². The quantitative estimate of drug-likeness (QED) is 0.844. The third-order valence-corrected chi connectivity index (χ3v) is 3.56. The summed E-state index contributed by atoms with van der Waals surface area (Å²) in [5.74, 6) is 0.636. The minimum atomic E-state index is 0.267. The van der Waals surface area contributed by atoms with Gasteiger partial charge in [0.2, 0.25) is 0 Å². The summed E-state index contributed by atoms with van der Waals surface area (Å²) in [6.07, 6.45) is 9.41. The lowest BCUT2D eigenvalue weighted by atomic mass is 9.96. The fourth-order valence-electron chi connectivity index (χ4n) is 2.41. The van der Waals surface area contributed by atoms with Gasteiger partial charge in [-0.3, -0.25) is 4.68 Å². The van der Waals surface area contributed by atoms with Crippen LogP contribution in [0.15, 0.2) is 16.9 Å². The molecule has 0 radical (unpaired) electrons. The summed E-state index contributed by atoms with van der Waals surface area (Å²) < 4.78 is 2.94. The molecule has 1 aromatic heterocycles. The zero-order valence-electron chi connectivity index (χ0n) is 8.56. The highest BCUT2D eigenvalue weighted by atomic mass is 79.9. The van der Waals surface area contributed by atoms with Crippen molar-refractivity contribution in [2.24, 2.45) is 5.92 Å². The van der Waals surface area contributed by atoms with Crippen molar-refractivity contribution in [3.63, 3.8) is 0 Å². The monoisotopic (exact) mass is 267 g/mol. The topological polar surface area (TPSA) is 41.6 Å². The van der Waals surface area contributed by atoms with Gasteiger partial charge in [-0.05, 0) is 34.7 Å². The van der Waals surface area contributed by atoms with E-state index in [1.165, 1.54) is 25.7 Å². The third-order valence-electron chi connectivity index (χ3n) is 3.15. The molecule has 0 saturated heterocycles. The van der Waals surface area contributed by atoms with Crippen LogP contribution < -0.4 is 0 Å². The molecule has 1 atom stereocenters. The van der Waals surface area contributed by atoms with Gasteiger partial charge in [-0.15, -0.1) is 0 Å². The Morgan fingerprint density at radius 3 is 2.87 bits per heavy atom. The van der Waals surface area contributed by atoms with E-state index in [-0.39, 0.29) is 6.04 Å². The van der Waals surface area contributed by atoms with E-state index >= 15 is 0 Å². The minimum absolute atomic E-state index is 0.267. The van der Waals surface area contributed by atoms with Crippen LogP contribution >= 0.6 is 15.9 Å². The van der Waals surface area contributed by atoms with E-state index in [9.17, 15) is 0 Å². The van der Waals surface area contributed by atoms with Crippen LogP contribution in [0.2, 0.25) is 0 Å². The summed E-state index contributed by atoms with van der Waals surface area (Å²) in [7, 11) is 0. The largest absolute Gasteiger partial charge is 0.267 e. The van der Waals surface area contributed by atoms with Crippen molar-refractivity contribution >= 4 is 15.9 Å². The lowest BCUT2D eigenvalue weighted by Gasteiger charge is -2.21. The van der Waals surface area contributed by atoms with E-state index in [4.69, 9.17) is 5.26 Å². The van der Waals surface area contributed by atoms with Crippen molar-refractivity contribution in [2.45, 2.75) is 38.1 Å². The summed E-state index contributed by atoms with van der Waals surface area (Å²) in [4.78, 5) is 0. The maximum absolute atomic E-state index is 8.86. The van der Waals surface area contributed by atoms with Gasteiger partial charge in [0.1, 0.15) is 0 Å². The molecular formula is C11H14BrN3. The smallest absolute Gasteiger partial charge is 0.0677 e. The molecule has 1 aromatic rings. The first-order valence-electron chi connectivity index (χ1n) is 5.38. The molecule has 0 N–H and O–H groups in total. The van der Waals surface area contributed by atoms with Gasteiger partial charge in [0.05, 0.1) is 29.2 Å². The summed E-state index contributed by atoms with van der Waals surface area (Å²) in [6, 6.07) is 2.54. The predicted molar refractivity (Wildman–Crippen MR) is 61.2 cm³/mol. The molecule has 0 aliphatic heterocycles. The molecule has 0 aromatic carbocycles. The number of nitrogens with zero attached hydrogens (tertiary/aromatic N) is 3. The molecule has 80 valence electrons. The minimum Gasteiger partial charge on any atom is -0.267 e. The molecule has 3 nitrogen and oxygen atoms in total. The Hall–Kier alpha value is -0.820. The molecule has 1 saturated carbocycles. The Labute approximate surface area is 98.2 Å². The van der Waals surface area contributed by atoms with Crippen LogP contribution in [0.5, 0.6) is 0 Å². The van der Waals surface area contributed by atoms with Crippen LogP contribution in [0.4, 0.5) is 0 Å². The van der Waals surface area contributed by atoms with Gasteiger partial charge >= 0.3 is 0 Å². The zero-order valence-corrected chi connectivity index (χ0v) is 10.2. The van der Waals surface area contributed by atoms with E-state index < -0.39 is 0 Å². The molecule has 15 heavy (non-hydrogen) atoms. The number of aromatic nitrogens is 2. The maximum atomic E-state index is 8.86. The van der Waals surface area contributed by atoms with Crippen LogP contribution in [0.1, 0.15) is 38.1 Å². The molecule has 1 aliphatic carbocycles. The van der Waals surface area contributed by atoms with Gasteiger partial charge in [0.25, 0.3) is 0 Å². The normalized spacial score (nSPS) is 18.9. The summed E-state index contributed by atoms with van der Waals surface area (Å²) in [6.45, 7) is 0. The van der Waals surface area contributed by atoms with E-state index in [1.54, 1.807) is 6.20 Å². The van der Waals surface area contributed by atoms with Gasteiger partial charge in [0.15, 0.2) is 0 Å². The molecular weight excluding hydrogens is 254 g/mol. The second-order valence-corrected chi connectivity index (χ2v) is 5.03.